The van der Waals surface area contributed by atoms with Crippen LogP contribution in [0, 0.1) is 13.8 Å². The standard InChI is InChI=1S/C10H14N2O6S2/c1-6-3-8(20(11,17)18)4-9(7(6)2)12-19(15,16)5-10(13)14/h3-4,12H,5H2,1-2H3,(H,13,14)(H2,11,17,18). The number of hydrogen-bond donors (Lipinski definition) is 3. The Morgan fingerprint density at radius 1 is 1.25 bits per heavy atom. The van der Waals surface area contributed by atoms with Gasteiger partial charge in [-0.1, -0.05) is 0 Å². The molecule has 1 aromatic rings. The number of rotatable bonds is 5. The van der Waals surface area contributed by atoms with E-state index in [4.69, 9.17) is 10.2 Å². The quantitative estimate of drug-likeness (QED) is 0.683. The van der Waals surface area contributed by atoms with Gasteiger partial charge >= 0.3 is 5.97 Å². The van der Waals surface area contributed by atoms with Crippen LogP contribution in [0.3, 0.4) is 0 Å². The molecule has 0 amide bonds. The average Bonchev–Trinajstić information content (AvgIpc) is 2.20. The number of hydrogen-bond acceptors (Lipinski definition) is 5. The molecule has 0 unspecified atom stereocenters. The van der Waals surface area contributed by atoms with Gasteiger partial charge in [-0.15, -0.1) is 0 Å². The molecule has 0 heterocycles. The summed E-state index contributed by atoms with van der Waals surface area (Å²) in [6, 6.07) is 2.36. The molecule has 8 nitrogen and oxygen atoms in total. The molecule has 10 heteroatoms. The number of aliphatic carboxylic acids is 1. The van der Waals surface area contributed by atoms with Crippen LogP contribution < -0.4 is 9.86 Å². The molecule has 0 bridgehead atoms. The third-order valence-electron chi connectivity index (χ3n) is 2.55. The Hall–Kier alpha value is -1.65. The fourth-order valence-electron chi connectivity index (χ4n) is 1.46. The lowest BCUT2D eigenvalue weighted by Crippen LogP contribution is -2.23. The summed E-state index contributed by atoms with van der Waals surface area (Å²) in [7, 11) is -8.11. The number of aryl methyl sites for hydroxylation is 1. The average molecular weight is 322 g/mol. The zero-order valence-corrected chi connectivity index (χ0v) is 12.4. The molecule has 0 spiro atoms. The Bertz CT molecular complexity index is 752. The highest BCUT2D eigenvalue weighted by Crippen LogP contribution is 2.24. The number of carboxylic acid groups (broad SMARTS) is 1. The van der Waals surface area contributed by atoms with Crippen molar-refractivity contribution in [2.24, 2.45) is 5.14 Å². The number of sulfonamides is 2. The fraction of sp³-hybridized carbons (Fsp3) is 0.300. The minimum absolute atomic E-state index is 0.0183. The molecule has 0 saturated carbocycles. The first-order chi connectivity index (χ1) is 8.92. The van der Waals surface area contributed by atoms with Gasteiger partial charge in [0.05, 0.1) is 10.6 Å². The first kappa shape index (κ1) is 16.4. The maximum absolute atomic E-state index is 11.6. The lowest BCUT2D eigenvalue weighted by molar-refractivity contribution is -0.134. The first-order valence-corrected chi connectivity index (χ1v) is 8.48. The number of carbonyl (C=O) groups is 1. The molecule has 0 aliphatic carbocycles. The van der Waals surface area contributed by atoms with Gasteiger partial charge in [-0.2, -0.15) is 0 Å². The summed E-state index contributed by atoms with van der Waals surface area (Å²) in [4.78, 5) is 10.2. The zero-order valence-electron chi connectivity index (χ0n) is 10.7. The molecule has 0 radical (unpaired) electrons. The summed E-state index contributed by atoms with van der Waals surface area (Å²) < 4.78 is 47.8. The van der Waals surface area contributed by atoms with Crippen molar-refractivity contribution >= 4 is 31.7 Å². The molecule has 112 valence electrons. The molecule has 0 aliphatic rings. The van der Waals surface area contributed by atoms with Crippen molar-refractivity contribution in [1.29, 1.82) is 0 Å². The topological polar surface area (TPSA) is 144 Å². The maximum Gasteiger partial charge on any atom is 0.320 e. The van der Waals surface area contributed by atoms with Gasteiger partial charge in [0.25, 0.3) is 0 Å². The van der Waals surface area contributed by atoms with Gasteiger partial charge in [0, 0.05) is 0 Å². The van der Waals surface area contributed by atoms with Gasteiger partial charge in [-0.25, -0.2) is 22.0 Å². The lowest BCUT2D eigenvalue weighted by atomic mass is 10.1. The third kappa shape index (κ3) is 4.18. The number of carboxylic acids is 1. The summed E-state index contributed by atoms with van der Waals surface area (Å²) >= 11 is 0. The number of nitrogens with one attached hydrogen (secondary N) is 1. The van der Waals surface area contributed by atoms with Crippen molar-refractivity contribution in [3.8, 4) is 0 Å². The van der Waals surface area contributed by atoms with Crippen LogP contribution in [0.1, 0.15) is 11.1 Å². The van der Waals surface area contributed by atoms with Gasteiger partial charge in [-0.05, 0) is 37.1 Å². The molecular weight excluding hydrogens is 308 g/mol. The van der Waals surface area contributed by atoms with Crippen molar-refractivity contribution in [3.63, 3.8) is 0 Å². The predicted molar refractivity (Wildman–Crippen MR) is 72.3 cm³/mol. The predicted octanol–water partition coefficient (Wildman–Crippen LogP) is -0.223. The SMILES string of the molecule is Cc1cc(S(N)(=O)=O)cc(NS(=O)(=O)CC(=O)O)c1C. The molecule has 0 aromatic heterocycles. The van der Waals surface area contributed by atoms with E-state index < -0.39 is 31.8 Å². The monoisotopic (exact) mass is 322 g/mol. The van der Waals surface area contributed by atoms with Crippen LogP contribution in [0.2, 0.25) is 0 Å². The Labute approximate surface area is 116 Å². The second-order valence-electron chi connectivity index (χ2n) is 4.21. The van der Waals surface area contributed by atoms with Gasteiger partial charge < -0.3 is 5.11 Å². The highest BCUT2D eigenvalue weighted by molar-refractivity contribution is 7.93. The van der Waals surface area contributed by atoms with Gasteiger partial charge in [0.2, 0.25) is 20.0 Å². The highest BCUT2D eigenvalue weighted by Gasteiger charge is 2.19. The van der Waals surface area contributed by atoms with Crippen molar-refractivity contribution in [2.75, 3.05) is 10.5 Å². The van der Waals surface area contributed by atoms with Gasteiger partial charge in [-0.3, -0.25) is 9.52 Å². The minimum Gasteiger partial charge on any atom is -0.480 e. The van der Waals surface area contributed by atoms with Crippen LogP contribution in [0.5, 0.6) is 0 Å². The molecule has 1 aromatic carbocycles. The first-order valence-electron chi connectivity index (χ1n) is 5.29. The molecule has 0 fully saturated rings. The molecule has 0 saturated heterocycles. The van der Waals surface area contributed by atoms with E-state index in [0.717, 1.165) is 6.07 Å². The third-order valence-corrected chi connectivity index (χ3v) is 4.60. The van der Waals surface area contributed by atoms with E-state index >= 15 is 0 Å². The summed E-state index contributed by atoms with van der Waals surface area (Å²) in [5.74, 6) is -2.64. The molecule has 0 aliphatic heterocycles. The van der Waals surface area contributed by atoms with Crippen LogP contribution in [0.4, 0.5) is 5.69 Å². The van der Waals surface area contributed by atoms with Crippen molar-refractivity contribution in [1.82, 2.24) is 0 Å². The van der Waals surface area contributed by atoms with Crippen LogP contribution in [0.25, 0.3) is 0 Å². The van der Waals surface area contributed by atoms with Crippen LogP contribution >= 0.6 is 0 Å². The van der Waals surface area contributed by atoms with E-state index in [1.54, 1.807) is 13.8 Å². The minimum atomic E-state index is -4.12. The molecule has 4 N–H and O–H groups in total. The fourth-order valence-corrected chi connectivity index (χ4v) is 3.03. The van der Waals surface area contributed by atoms with E-state index in [1.165, 1.54) is 6.07 Å². The number of nitrogens with two attached hydrogens (primary N) is 1. The maximum atomic E-state index is 11.6. The van der Waals surface area contributed by atoms with E-state index in [-0.39, 0.29) is 10.6 Å². The molecule has 0 atom stereocenters. The van der Waals surface area contributed by atoms with E-state index in [2.05, 4.69) is 0 Å². The number of benzene rings is 1. The second kappa shape index (κ2) is 5.38. The number of anilines is 1. The van der Waals surface area contributed by atoms with Crippen molar-refractivity contribution < 1.29 is 26.7 Å². The van der Waals surface area contributed by atoms with Gasteiger partial charge in [0.15, 0.2) is 5.75 Å². The van der Waals surface area contributed by atoms with Crippen LogP contribution in [0.15, 0.2) is 17.0 Å². The largest absolute Gasteiger partial charge is 0.480 e. The molecule has 20 heavy (non-hydrogen) atoms. The molecular formula is C10H14N2O6S2. The van der Waals surface area contributed by atoms with Crippen LogP contribution in [-0.4, -0.2) is 33.7 Å². The molecule has 1 rings (SSSR count). The zero-order chi connectivity index (χ0) is 15.7. The summed E-state index contributed by atoms with van der Waals surface area (Å²) in [5, 5.41) is 13.5. The Balaban J connectivity index is 3.32. The summed E-state index contributed by atoms with van der Waals surface area (Å²) in [5.41, 5.74) is 0.964. The Morgan fingerprint density at radius 3 is 2.25 bits per heavy atom. The van der Waals surface area contributed by atoms with E-state index in [0.29, 0.717) is 11.1 Å². The smallest absolute Gasteiger partial charge is 0.320 e. The number of primary sulfonamides is 1. The van der Waals surface area contributed by atoms with E-state index in [9.17, 15) is 21.6 Å². The van der Waals surface area contributed by atoms with Crippen molar-refractivity contribution in [2.45, 2.75) is 18.7 Å². The summed E-state index contributed by atoms with van der Waals surface area (Å²) in [6.45, 7) is 3.15. The highest BCUT2D eigenvalue weighted by atomic mass is 32.2. The van der Waals surface area contributed by atoms with Crippen molar-refractivity contribution in [3.05, 3.63) is 23.3 Å². The normalized spacial score (nSPS) is 12.2. The summed E-state index contributed by atoms with van der Waals surface area (Å²) in [6.07, 6.45) is 0. The van der Waals surface area contributed by atoms with E-state index in [1.807, 2.05) is 4.72 Å². The lowest BCUT2D eigenvalue weighted by Gasteiger charge is -2.13. The second-order valence-corrected chi connectivity index (χ2v) is 7.50. The Kier molecular flexibility index (Phi) is 4.42. The van der Waals surface area contributed by atoms with Crippen LogP contribution in [-0.2, 0) is 24.8 Å². The van der Waals surface area contributed by atoms with Gasteiger partial charge in [0.1, 0.15) is 0 Å². The Morgan fingerprint density at radius 2 is 1.80 bits per heavy atom.